The number of nitrogens with zero attached hydrogens (tertiary/aromatic N) is 2. The number of rotatable bonds is 4. The molecule has 1 aliphatic rings. The summed E-state index contributed by atoms with van der Waals surface area (Å²) in [5, 5.41) is 0.983. The minimum atomic E-state index is -0.129. The Hall–Kier alpha value is -2.63. The van der Waals surface area contributed by atoms with Crippen molar-refractivity contribution < 1.29 is 9.59 Å². The maximum absolute atomic E-state index is 12.3. The van der Waals surface area contributed by atoms with E-state index in [-0.39, 0.29) is 11.5 Å². The van der Waals surface area contributed by atoms with Gasteiger partial charge < -0.3 is 14.8 Å². The highest BCUT2D eigenvalue weighted by molar-refractivity contribution is 5.82. The largest absolute Gasteiger partial charge is 0.342 e. The van der Waals surface area contributed by atoms with Crippen LogP contribution in [0.3, 0.4) is 0 Å². The van der Waals surface area contributed by atoms with Crippen LogP contribution >= 0.6 is 0 Å². The van der Waals surface area contributed by atoms with E-state index in [1.54, 1.807) is 9.80 Å². The van der Waals surface area contributed by atoms with E-state index >= 15 is 0 Å². The van der Waals surface area contributed by atoms with Crippen LogP contribution in [-0.2, 0) is 16.0 Å². The minimum absolute atomic E-state index is 0.0317. The molecule has 0 bridgehead atoms. The standard InChI is InChI=1S/C18H21N3O3/c1-13-3-2-4-14-11-15(18(24)19-17(13)14)5-6-16(23)21-9-7-20(12-22)8-10-21/h2-4,11-12H,5-10H2,1H3,(H,19,24). The lowest BCUT2D eigenvalue weighted by atomic mass is 10.1. The molecule has 3 rings (SSSR count). The summed E-state index contributed by atoms with van der Waals surface area (Å²) < 4.78 is 0. The molecule has 0 unspecified atom stereocenters. The zero-order chi connectivity index (χ0) is 17.1. The first-order chi connectivity index (χ1) is 11.6. The van der Waals surface area contributed by atoms with Gasteiger partial charge in [-0.15, -0.1) is 0 Å². The first-order valence-electron chi connectivity index (χ1n) is 8.17. The Morgan fingerprint density at radius 2 is 2.00 bits per heavy atom. The van der Waals surface area contributed by atoms with E-state index in [1.165, 1.54) is 0 Å². The molecule has 6 heteroatoms. The first kappa shape index (κ1) is 16.2. The Morgan fingerprint density at radius 3 is 2.71 bits per heavy atom. The van der Waals surface area contributed by atoms with E-state index in [9.17, 15) is 14.4 Å². The third-order valence-electron chi connectivity index (χ3n) is 4.59. The lowest BCUT2D eigenvalue weighted by Gasteiger charge is -2.32. The summed E-state index contributed by atoms with van der Waals surface area (Å²) in [6.45, 7) is 4.23. The number of carbonyl (C=O) groups excluding carboxylic acids is 2. The third kappa shape index (κ3) is 3.32. The summed E-state index contributed by atoms with van der Waals surface area (Å²) >= 11 is 0. The summed E-state index contributed by atoms with van der Waals surface area (Å²) in [7, 11) is 0. The molecule has 1 fully saturated rings. The Morgan fingerprint density at radius 1 is 1.25 bits per heavy atom. The van der Waals surface area contributed by atoms with Crippen molar-refractivity contribution in [3.63, 3.8) is 0 Å². The highest BCUT2D eigenvalue weighted by atomic mass is 16.2. The van der Waals surface area contributed by atoms with E-state index in [4.69, 9.17) is 0 Å². The fourth-order valence-corrected chi connectivity index (χ4v) is 3.09. The molecule has 1 N–H and O–H groups in total. The Kier molecular flexibility index (Phi) is 4.64. The Bertz CT molecular complexity index is 820. The molecule has 1 saturated heterocycles. The molecule has 6 nitrogen and oxygen atoms in total. The molecule has 126 valence electrons. The van der Waals surface area contributed by atoms with Crippen LogP contribution < -0.4 is 5.56 Å². The van der Waals surface area contributed by atoms with Gasteiger partial charge in [-0.05, 0) is 30.4 Å². The van der Waals surface area contributed by atoms with Crippen molar-refractivity contribution in [3.8, 4) is 0 Å². The van der Waals surface area contributed by atoms with Crippen molar-refractivity contribution in [1.29, 1.82) is 0 Å². The number of hydrogen-bond acceptors (Lipinski definition) is 3. The van der Waals surface area contributed by atoms with Gasteiger partial charge >= 0.3 is 0 Å². The number of fused-ring (bicyclic) bond motifs is 1. The van der Waals surface area contributed by atoms with Crippen molar-refractivity contribution in [2.45, 2.75) is 19.8 Å². The number of amides is 2. The zero-order valence-corrected chi connectivity index (χ0v) is 13.7. The molecule has 2 aromatic rings. The van der Waals surface area contributed by atoms with Crippen molar-refractivity contribution in [2.24, 2.45) is 0 Å². The number of pyridine rings is 1. The average Bonchev–Trinajstić information content (AvgIpc) is 2.60. The van der Waals surface area contributed by atoms with Crippen LogP contribution in [0.25, 0.3) is 10.9 Å². The summed E-state index contributed by atoms with van der Waals surface area (Å²) in [6, 6.07) is 7.75. The molecule has 0 spiro atoms. The number of para-hydroxylation sites is 1. The Balaban J connectivity index is 1.67. The zero-order valence-electron chi connectivity index (χ0n) is 13.7. The summed E-state index contributed by atoms with van der Waals surface area (Å²) in [4.78, 5) is 41.6. The monoisotopic (exact) mass is 327 g/mol. The second-order valence-electron chi connectivity index (χ2n) is 6.19. The normalized spacial score (nSPS) is 14.9. The molecule has 0 radical (unpaired) electrons. The number of carbonyl (C=O) groups is 2. The molecule has 0 atom stereocenters. The number of nitrogens with one attached hydrogen (secondary N) is 1. The molecule has 1 aromatic carbocycles. The quantitative estimate of drug-likeness (QED) is 0.854. The maximum atomic E-state index is 12.3. The highest BCUT2D eigenvalue weighted by Crippen LogP contribution is 2.16. The van der Waals surface area contributed by atoms with Gasteiger partial charge in [-0.3, -0.25) is 14.4 Å². The van der Waals surface area contributed by atoms with Gasteiger partial charge in [0.15, 0.2) is 0 Å². The number of aromatic amines is 1. The number of hydrogen-bond donors (Lipinski definition) is 1. The van der Waals surface area contributed by atoms with Gasteiger partial charge in [0.2, 0.25) is 12.3 Å². The van der Waals surface area contributed by atoms with Crippen LogP contribution in [-0.4, -0.2) is 53.3 Å². The van der Waals surface area contributed by atoms with Gasteiger partial charge in [-0.1, -0.05) is 18.2 Å². The summed E-state index contributed by atoms with van der Waals surface area (Å²) in [5.74, 6) is 0.0317. The van der Waals surface area contributed by atoms with Gasteiger partial charge in [0.1, 0.15) is 0 Å². The Labute approximate surface area is 140 Å². The van der Waals surface area contributed by atoms with Crippen LogP contribution in [0.5, 0.6) is 0 Å². The molecule has 1 aromatic heterocycles. The molecule has 0 saturated carbocycles. The minimum Gasteiger partial charge on any atom is -0.342 e. The summed E-state index contributed by atoms with van der Waals surface area (Å²) in [6.07, 6.45) is 1.55. The second kappa shape index (κ2) is 6.86. The van der Waals surface area contributed by atoms with Crippen LogP contribution in [0.15, 0.2) is 29.1 Å². The van der Waals surface area contributed by atoms with Crippen LogP contribution in [0.4, 0.5) is 0 Å². The fraction of sp³-hybridized carbons (Fsp3) is 0.389. The van der Waals surface area contributed by atoms with E-state index in [0.29, 0.717) is 44.6 Å². The predicted molar refractivity (Wildman–Crippen MR) is 91.8 cm³/mol. The number of piperazine rings is 1. The molecule has 2 heterocycles. The maximum Gasteiger partial charge on any atom is 0.251 e. The topological polar surface area (TPSA) is 73.5 Å². The number of H-pyrrole nitrogens is 1. The fourth-order valence-electron chi connectivity index (χ4n) is 3.09. The van der Waals surface area contributed by atoms with Crippen LogP contribution in [0, 0.1) is 6.92 Å². The lowest BCUT2D eigenvalue weighted by molar-refractivity contribution is -0.135. The SMILES string of the molecule is Cc1cccc2cc(CCC(=O)N3CCN(C=O)CC3)c(=O)[nH]c12. The smallest absolute Gasteiger partial charge is 0.251 e. The van der Waals surface area contributed by atoms with Crippen LogP contribution in [0.1, 0.15) is 17.5 Å². The second-order valence-corrected chi connectivity index (χ2v) is 6.19. The van der Waals surface area contributed by atoms with E-state index < -0.39 is 0 Å². The predicted octanol–water partition coefficient (Wildman–Crippen LogP) is 1.07. The third-order valence-corrected chi connectivity index (χ3v) is 4.59. The molecular weight excluding hydrogens is 306 g/mol. The molecular formula is C18H21N3O3. The summed E-state index contributed by atoms with van der Waals surface area (Å²) in [5.41, 5.74) is 2.38. The highest BCUT2D eigenvalue weighted by Gasteiger charge is 2.20. The number of aromatic nitrogens is 1. The lowest BCUT2D eigenvalue weighted by Crippen LogP contribution is -2.48. The van der Waals surface area contributed by atoms with Gasteiger partial charge in [0, 0.05) is 38.2 Å². The number of aryl methyl sites for hydroxylation is 2. The molecule has 0 aliphatic carbocycles. The van der Waals surface area contributed by atoms with Crippen LogP contribution in [0.2, 0.25) is 0 Å². The molecule has 24 heavy (non-hydrogen) atoms. The van der Waals surface area contributed by atoms with E-state index in [1.807, 2.05) is 31.2 Å². The van der Waals surface area contributed by atoms with Gasteiger partial charge in [-0.25, -0.2) is 0 Å². The first-order valence-corrected chi connectivity index (χ1v) is 8.17. The molecule has 1 aliphatic heterocycles. The van der Waals surface area contributed by atoms with E-state index in [0.717, 1.165) is 22.9 Å². The van der Waals surface area contributed by atoms with E-state index in [2.05, 4.69) is 4.98 Å². The number of benzene rings is 1. The van der Waals surface area contributed by atoms with Crippen molar-refractivity contribution in [3.05, 3.63) is 45.7 Å². The van der Waals surface area contributed by atoms with Crippen molar-refractivity contribution >= 4 is 23.2 Å². The molecule has 2 amide bonds. The van der Waals surface area contributed by atoms with Crippen molar-refractivity contribution in [2.75, 3.05) is 26.2 Å². The average molecular weight is 327 g/mol. The van der Waals surface area contributed by atoms with Gasteiger partial charge in [0.05, 0.1) is 5.52 Å². The van der Waals surface area contributed by atoms with Gasteiger partial charge in [0.25, 0.3) is 5.56 Å². The van der Waals surface area contributed by atoms with Crippen molar-refractivity contribution in [1.82, 2.24) is 14.8 Å². The van der Waals surface area contributed by atoms with Gasteiger partial charge in [-0.2, -0.15) is 0 Å².